The van der Waals surface area contributed by atoms with Crippen molar-refractivity contribution in [1.29, 1.82) is 0 Å². The summed E-state index contributed by atoms with van der Waals surface area (Å²) in [5.74, 6) is -1.22. The predicted octanol–water partition coefficient (Wildman–Crippen LogP) is 3.52. The van der Waals surface area contributed by atoms with Crippen molar-refractivity contribution in [3.8, 4) is 0 Å². The van der Waals surface area contributed by atoms with Gasteiger partial charge in [0.25, 0.3) is 0 Å². The van der Waals surface area contributed by atoms with Crippen LogP contribution in [-0.2, 0) is 23.8 Å². The van der Waals surface area contributed by atoms with Crippen molar-refractivity contribution in [3.63, 3.8) is 0 Å². The number of alkyl halides is 3. The molecule has 3 rings (SSSR count). The Bertz CT molecular complexity index is 1020. The first-order valence-corrected chi connectivity index (χ1v) is 11.2. The number of carbonyl (C=O) groups is 2. The second-order valence-corrected chi connectivity index (χ2v) is 9.05. The minimum Gasteiger partial charge on any atom is -0.477 e. The number of aliphatic hydroxyl groups excluding tert-OH is 2. The number of hydrogen-bond acceptors (Lipinski definition) is 5. The molecule has 3 N–H and O–H groups in total. The van der Waals surface area contributed by atoms with Crippen LogP contribution >= 0.6 is 11.3 Å². The van der Waals surface area contributed by atoms with E-state index in [2.05, 4.69) is 0 Å². The molecule has 0 saturated carbocycles. The number of benzene rings is 1. The third-order valence-corrected chi connectivity index (χ3v) is 6.52. The quantitative estimate of drug-likeness (QED) is 0.474. The Balaban J connectivity index is 1.58. The number of nitrogens with zero attached hydrogens (tertiary/aromatic N) is 1. The van der Waals surface area contributed by atoms with Gasteiger partial charge in [-0.15, -0.1) is 11.3 Å². The number of aliphatic hydroxyl groups is 2. The van der Waals surface area contributed by atoms with Gasteiger partial charge >= 0.3 is 12.1 Å². The summed E-state index contributed by atoms with van der Waals surface area (Å²) in [7, 11) is 0. The van der Waals surface area contributed by atoms with Gasteiger partial charge in [0.15, 0.2) is 0 Å². The summed E-state index contributed by atoms with van der Waals surface area (Å²) in [6.07, 6.45) is -2.55. The number of halogens is 3. The Morgan fingerprint density at radius 2 is 2.03 bits per heavy atom. The number of carboxylic acids is 1. The molecule has 2 heterocycles. The molecule has 1 saturated heterocycles. The second-order valence-electron chi connectivity index (χ2n) is 7.88. The molecule has 6 nitrogen and oxygen atoms in total. The summed E-state index contributed by atoms with van der Waals surface area (Å²) in [4.78, 5) is 25.9. The van der Waals surface area contributed by atoms with Crippen LogP contribution in [0.25, 0.3) is 0 Å². The molecule has 178 valence electrons. The standard InChI is InChI=1S/C23H24F3NO5S/c24-23(25,26)15-4-1-3-14(11-15)12-16(28)6-8-18-19(29)13-21(30)27(18)10-2-5-17-7-9-20(33-17)22(31)32/h1,3-4,6-9,11,16,18-19,28-29H,2,5,10,12-13H2,(H,31,32)/b8-6+/t16-,18+,19-/m1/s1. The number of likely N-dealkylation sites (tertiary alicyclic amines) is 1. The van der Waals surface area contributed by atoms with E-state index < -0.39 is 36.0 Å². The molecular weight excluding hydrogens is 459 g/mol. The summed E-state index contributed by atoms with van der Waals surface area (Å²) < 4.78 is 38.6. The lowest BCUT2D eigenvalue weighted by atomic mass is 10.0. The Kier molecular flexibility index (Phi) is 7.93. The van der Waals surface area contributed by atoms with Crippen LogP contribution in [0, 0.1) is 0 Å². The lowest BCUT2D eigenvalue weighted by Crippen LogP contribution is -2.36. The highest BCUT2D eigenvalue weighted by atomic mass is 32.1. The van der Waals surface area contributed by atoms with Gasteiger partial charge in [-0.3, -0.25) is 4.79 Å². The van der Waals surface area contributed by atoms with Gasteiger partial charge in [-0.2, -0.15) is 13.2 Å². The molecule has 1 aromatic carbocycles. The lowest BCUT2D eigenvalue weighted by molar-refractivity contribution is -0.137. The Labute approximate surface area is 192 Å². The topological polar surface area (TPSA) is 98.1 Å². The zero-order valence-electron chi connectivity index (χ0n) is 17.5. The molecule has 0 bridgehead atoms. The number of hydrogen-bond donors (Lipinski definition) is 3. The van der Waals surface area contributed by atoms with Gasteiger partial charge in [-0.05, 0) is 36.6 Å². The monoisotopic (exact) mass is 483 g/mol. The van der Waals surface area contributed by atoms with Crippen molar-refractivity contribution < 1.29 is 38.1 Å². The number of aromatic carboxylic acids is 1. The van der Waals surface area contributed by atoms with E-state index in [1.54, 1.807) is 6.07 Å². The normalized spacial score (nSPS) is 20.0. The van der Waals surface area contributed by atoms with Gasteiger partial charge in [-0.25, -0.2) is 4.79 Å². The van der Waals surface area contributed by atoms with Crippen molar-refractivity contribution in [2.75, 3.05) is 6.54 Å². The number of thiophene rings is 1. The highest BCUT2D eigenvalue weighted by molar-refractivity contribution is 7.13. The molecule has 0 unspecified atom stereocenters. The van der Waals surface area contributed by atoms with E-state index in [4.69, 9.17) is 5.11 Å². The molecule has 1 aliphatic rings. The summed E-state index contributed by atoms with van der Waals surface area (Å²) >= 11 is 1.17. The van der Waals surface area contributed by atoms with E-state index in [-0.39, 0.29) is 23.6 Å². The van der Waals surface area contributed by atoms with Crippen LogP contribution in [0.2, 0.25) is 0 Å². The highest BCUT2D eigenvalue weighted by Crippen LogP contribution is 2.30. The Hall–Kier alpha value is -2.69. The molecule has 2 aromatic rings. The van der Waals surface area contributed by atoms with Crippen LogP contribution in [0.15, 0.2) is 48.6 Å². The van der Waals surface area contributed by atoms with E-state index in [9.17, 15) is 33.0 Å². The molecule has 0 spiro atoms. The van der Waals surface area contributed by atoms with Crippen molar-refractivity contribution in [2.24, 2.45) is 0 Å². The second kappa shape index (κ2) is 10.5. The SMILES string of the molecule is O=C(O)c1ccc(CCCN2C(=O)C[C@@H](O)[C@@H]2/C=C/[C@@H](O)Cc2cccc(C(F)(F)F)c2)s1. The molecule has 1 fully saturated rings. The third-order valence-electron chi connectivity index (χ3n) is 5.38. The molecule has 3 atom stereocenters. The minimum atomic E-state index is -4.47. The summed E-state index contributed by atoms with van der Waals surface area (Å²) in [5.41, 5.74) is -0.473. The van der Waals surface area contributed by atoms with E-state index in [1.165, 1.54) is 46.6 Å². The van der Waals surface area contributed by atoms with Crippen LogP contribution in [0.1, 0.15) is 38.5 Å². The van der Waals surface area contributed by atoms with Crippen LogP contribution in [0.3, 0.4) is 0 Å². The number of carbonyl (C=O) groups excluding carboxylic acids is 1. The molecule has 10 heteroatoms. The molecular formula is C23H24F3NO5S. The van der Waals surface area contributed by atoms with Crippen molar-refractivity contribution in [3.05, 3.63) is 69.4 Å². The van der Waals surface area contributed by atoms with E-state index >= 15 is 0 Å². The van der Waals surface area contributed by atoms with Crippen LogP contribution < -0.4 is 0 Å². The molecule has 1 amide bonds. The van der Waals surface area contributed by atoms with Crippen LogP contribution in [0.5, 0.6) is 0 Å². The van der Waals surface area contributed by atoms with Gasteiger partial charge in [-0.1, -0.05) is 30.4 Å². The van der Waals surface area contributed by atoms with Gasteiger partial charge < -0.3 is 20.2 Å². The minimum absolute atomic E-state index is 0.0402. The van der Waals surface area contributed by atoms with Crippen molar-refractivity contribution in [1.82, 2.24) is 4.90 Å². The maximum atomic E-state index is 12.9. The molecule has 33 heavy (non-hydrogen) atoms. The zero-order valence-corrected chi connectivity index (χ0v) is 18.4. The fraction of sp³-hybridized carbons (Fsp3) is 0.391. The molecule has 1 aromatic heterocycles. The van der Waals surface area contributed by atoms with E-state index in [0.717, 1.165) is 17.0 Å². The Morgan fingerprint density at radius 3 is 2.70 bits per heavy atom. The van der Waals surface area contributed by atoms with E-state index in [0.29, 0.717) is 24.9 Å². The fourth-order valence-electron chi connectivity index (χ4n) is 3.77. The first-order valence-electron chi connectivity index (χ1n) is 10.4. The number of carboxylic acid groups (broad SMARTS) is 1. The molecule has 0 aliphatic carbocycles. The van der Waals surface area contributed by atoms with E-state index in [1.807, 2.05) is 0 Å². The van der Waals surface area contributed by atoms with Gasteiger partial charge in [0.05, 0.1) is 30.2 Å². The number of amides is 1. The molecule has 1 aliphatic heterocycles. The molecule has 0 radical (unpaired) electrons. The average Bonchev–Trinajstić information content (AvgIpc) is 3.31. The lowest BCUT2D eigenvalue weighted by Gasteiger charge is -2.24. The van der Waals surface area contributed by atoms with Crippen LogP contribution in [-0.4, -0.2) is 56.9 Å². The first kappa shape index (κ1) is 24.9. The number of rotatable bonds is 9. The van der Waals surface area contributed by atoms with Crippen LogP contribution in [0.4, 0.5) is 13.2 Å². The maximum absolute atomic E-state index is 12.9. The summed E-state index contributed by atoms with van der Waals surface area (Å²) in [6, 6.07) is 7.34. The zero-order chi connectivity index (χ0) is 24.2. The van der Waals surface area contributed by atoms with Crippen molar-refractivity contribution >= 4 is 23.2 Å². The first-order chi connectivity index (χ1) is 15.5. The van der Waals surface area contributed by atoms with Crippen molar-refractivity contribution in [2.45, 2.75) is 50.1 Å². The Morgan fingerprint density at radius 1 is 1.27 bits per heavy atom. The van der Waals surface area contributed by atoms with Gasteiger partial charge in [0.1, 0.15) is 4.88 Å². The third kappa shape index (κ3) is 6.66. The maximum Gasteiger partial charge on any atom is 0.416 e. The highest BCUT2D eigenvalue weighted by Gasteiger charge is 2.36. The largest absolute Gasteiger partial charge is 0.477 e. The summed E-state index contributed by atoms with van der Waals surface area (Å²) in [6.45, 7) is 0.342. The smallest absolute Gasteiger partial charge is 0.416 e. The predicted molar refractivity (Wildman–Crippen MR) is 116 cm³/mol. The number of aryl methyl sites for hydroxylation is 1. The summed E-state index contributed by atoms with van der Waals surface area (Å²) in [5, 5.41) is 29.5. The van der Waals surface area contributed by atoms with Gasteiger partial charge in [0, 0.05) is 17.8 Å². The fourth-order valence-corrected chi connectivity index (χ4v) is 4.66. The van der Waals surface area contributed by atoms with Gasteiger partial charge in [0.2, 0.25) is 5.91 Å². The average molecular weight is 484 g/mol.